The highest BCUT2D eigenvalue weighted by molar-refractivity contribution is 7.99. The third-order valence-corrected chi connectivity index (χ3v) is 10.6. The fraction of sp³-hybridized carbons (Fsp3) is 0.939. The fourth-order valence-electron chi connectivity index (χ4n) is 6.10. The van der Waals surface area contributed by atoms with Crippen LogP contribution in [0.5, 0.6) is 0 Å². The average Bonchev–Trinajstić information content (AvgIpc) is 3.52. The molecule has 2 fully saturated rings. The summed E-state index contributed by atoms with van der Waals surface area (Å²) in [6, 6.07) is -0.452. The lowest BCUT2D eigenvalue weighted by molar-refractivity contribution is -0.134. The maximum absolute atomic E-state index is 13.1. The first-order valence-corrected chi connectivity index (χ1v) is 19.8. The van der Waals surface area contributed by atoms with Crippen molar-refractivity contribution >= 4 is 31.4 Å². The molecule has 0 radical (unpaired) electrons. The van der Waals surface area contributed by atoms with Crippen LogP contribution in [0.25, 0.3) is 0 Å². The Hall–Kier alpha value is -0.640. The molecule has 2 saturated heterocycles. The number of likely N-dealkylation sites (tertiary alicyclic amines) is 2. The Balaban J connectivity index is 1.82. The van der Waals surface area contributed by atoms with Gasteiger partial charge in [-0.1, -0.05) is 73.1 Å². The minimum absolute atomic E-state index is 0.0145. The van der Waals surface area contributed by atoms with Crippen molar-refractivity contribution in [1.29, 1.82) is 0 Å². The SMILES string of the molecule is CC(C)CCCCCCCCC(=O)N1C[C@H](C)CC1COP(=O)(O)O[C@@H]1C[C@@H](COC(C)C)N(C(=O)CCCSC(C)C)C1. The highest BCUT2D eigenvalue weighted by atomic mass is 32.2. The zero-order valence-corrected chi connectivity index (χ0v) is 30.4. The van der Waals surface area contributed by atoms with E-state index in [9.17, 15) is 19.0 Å². The summed E-state index contributed by atoms with van der Waals surface area (Å²) in [5.41, 5.74) is 0. The van der Waals surface area contributed by atoms with Crippen LogP contribution >= 0.6 is 19.6 Å². The molecule has 0 aliphatic carbocycles. The number of rotatable bonds is 22. The van der Waals surface area contributed by atoms with Crippen molar-refractivity contribution in [2.24, 2.45) is 11.8 Å². The Morgan fingerprint density at radius 2 is 1.43 bits per heavy atom. The van der Waals surface area contributed by atoms with Gasteiger partial charge < -0.3 is 19.4 Å². The minimum Gasteiger partial charge on any atom is -0.377 e. The first kappa shape index (κ1) is 39.5. The second kappa shape index (κ2) is 20.6. The van der Waals surface area contributed by atoms with E-state index >= 15 is 0 Å². The van der Waals surface area contributed by atoms with Crippen molar-refractivity contribution in [3.63, 3.8) is 0 Å². The van der Waals surface area contributed by atoms with E-state index in [1.165, 1.54) is 25.7 Å². The first-order valence-electron chi connectivity index (χ1n) is 17.2. The zero-order valence-electron chi connectivity index (χ0n) is 28.7. The van der Waals surface area contributed by atoms with Crippen molar-refractivity contribution in [2.45, 2.75) is 155 Å². The van der Waals surface area contributed by atoms with Crippen LogP contribution in [0.1, 0.15) is 126 Å². The molecule has 2 aliphatic heterocycles. The largest absolute Gasteiger partial charge is 0.472 e. The van der Waals surface area contributed by atoms with Gasteiger partial charge in [-0.05, 0) is 62.4 Å². The second-order valence-corrected chi connectivity index (χ2v) is 17.0. The third kappa shape index (κ3) is 15.8. The van der Waals surface area contributed by atoms with Gasteiger partial charge in [0.25, 0.3) is 0 Å². The van der Waals surface area contributed by atoms with E-state index in [-0.39, 0.29) is 43.2 Å². The number of carbonyl (C=O) groups excluding carboxylic acids is 2. The normalized spacial score (nSPS) is 23.8. The standard InChI is InChI=1S/C33H63N2O7PS/c1-25(2)15-12-10-8-9-11-13-16-32(36)34-21-28(7)19-29(34)24-41-43(38,39)42-31-20-30(23-40-26(3)4)35(22-31)33(37)17-14-18-44-27(5)6/h25-31H,8-24H2,1-7H3,(H,38,39)/t28-,29?,30+,31-/m1/s1. The van der Waals surface area contributed by atoms with Gasteiger partial charge in [-0.3, -0.25) is 18.6 Å². The van der Waals surface area contributed by atoms with Gasteiger partial charge in [-0.25, -0.2) is 4.57 Å². The van der Waals surface area contributed by atoms with E-state index < -0.39 is 13.9 Å². The molecular weight excluding hydrogens is 599 g/mol. The van der Waals surface area contributed by atoms with Crippen LogP contribution in [0, 0.1) is 11.8 Å². The number of ether oxygens (including phenoxy) is 1. The number of hydrogen-bond acceptors (Lipinski definition) is 7. The average molecular weight is 663 g/mol. The van der Waals surface area contributed by atoms with Crippen LogP contribution in [-0.4, -0.2) is 88.1 Å². The lowest BCUT2D eigenvalue weighted by Crippen LogP contribution is -2.39. The molecule has 0 aromatic rings. The van der Waals surface area contributed by atoms with Crippen LogP contribution in [0.15, 0.2) is 0 Å². The lowest BCUT2D eigenvalue weighted by atomic mass is 10.0. The number of phosphoric ester groups is 1. The van der Waals surface area contributed by atoms with Crippen LogP contribution in [0.3, 0.4) is 0 Å². The Morgan fingerprint density at radius 1 is 0.841 bits per heavy atom. The summed E-state index contributed by atoms with van der Waals surface area (Å²) in [5.74, 6) is 2.11. The Kier molecular flexibility index (Phi) is 18.5. The van der Waals surface area contributed by atoms with Gasteiger partial charge in [0, 0.05) is 25.9 Å². The molecule has 0 aromatic carbocycles. The van der Waals surface area contributed by atoms with E-state index in [0.717, 1.165) is 43.8 Å². The summed E-state index contributed by atoms with van der Waals surface area (Å²) in [5, 5.41) is 0.525. The second-order valence-electron chi connectivity index (χ2n) is 13.9. The molecule has 11 heteroatoms. The zero-order chi connectivity index (χ0) is 32.7. The number of thioether (sulfide) groups is 1. The van der Waals surface area contributed by atoms with E-state index in [1.807, 2.05) is 30.5 Å². The summed E-state index contributed by atoms with van der Waals surface area (Å²) >= 11 is 1.83. The van der Waals surface area contributed by atoms with Crippen LogP contribution in [0.4, 0.5) is 0 Å². The van der Waals surface area contributed by atoms with E-state index in [1.54, 1.807) is 4.90 Å². The number of nitrogens with zero attached hydrogens (tertiary/aromatic N) is 2. The number of hydrogen-bond donors (Lipinski definition) is 1. The van der Waals surface area contributed by atoms with Gasteiger partial charge in [-0.2, -0.15) is 11.8 Å². The summed E-state index contributed by atoms with van der Waals surface area (Å²) in [6.45, 7) is 16.0. The van der Waals surface area contributed by atoms with Gasteiger partial charge in [0.1, 0.15) is 0 Å². The summed E-state index contributed by atoms with van der Waals surface area (Å²) < 4.78 is 30.0. The molecule has 2 heterocycles. The minimum atomic E-state index is -4.40. The Labute approximate surface area is 272 Å². The Morgan fingerprint density at radius 3 is 2.07 bits per heavy atom. The van der Waals surface area contributed by atoms with Gasteiger partial charge >= 0.3 is 7.82 Å². The first-order chi connectivity index (χ1) is 20.8. The number of unbranched alkanes of at least 4 members (excludes halogenated alkanes) is 5. The molecule has 2 unspecified atom stereocenters. The maximum atomic E-state index is 13.1. The lowest BCUT2D eigenvalue weighted by Gasteiger charge is -2.26. The predicted molar refractivity (Wildman–Crippen MR) is 180 cm³/mol. The fourth-order valence-corrected chi connectivity index (χ4v) is 7.83. The van der Waals surface area contributed by atoms with Gasteiger partial charge in [0.05, 0.1) is 37.5 Å². The highest BCUT2D eigenvalue weighted by Gasteiger charge is 2.41. The molecule has 2 rings (SSSR count). The molecule has 9 nitrogen and oxygen atoms in total. The smallest absolute Gasteiger partial charge is 0.377 e. The van der Waals surface area contributed by atoms with E-state index in [4.69, 9.17) is 13.8 Å². The molecule has 5 atom stereocenters. The molecule has 0 spiro atoms. The summed E-state index contributed by atoms with van der Waals surface area (Å²) in [4.78, 5) is 40.3. The molecule has 0 bridgehead atoms. The molecule has 44 heavy (non-hydrogen) atoms. The Bertz CT molecular complexity index is 890. The monoisotopic (exact) mass is 662 g/mol. The van der Waals surface area contributed by atoms with Crippen LogP contribution in [-0.2, 0) is 27.9 Å². The van der Waals surface area contributed by atoms with Crippen molar-refractivity contribution in [3.05, 3.63) is 0 Å². The third-order valence-electron chi connectivity index (χ3n) is 8.38. The van der Waals surface area contributed by atoms with Crippen molar-refractivity contribution in [3.8, 4) is 0 Å². The molecule has 0 saturated carbocycles. The van der Waals surface area contributed by atoms with Gasteiger partial charge in [0.15, 0.2) is 0 Å². The van der Waals surface area contributed by atoms with Crippen LogP contribution < -0.4 is 0 Å². The van der Waals surface area contributed by atoms with E-state index in [0.29, 0.717) is 43.6 Å². The van der Waals surface area contributed by atoms with Gasteiger partial charge in [-0.15, -0.1) is 0 Å². The van der Waals surface area contributed by atoms with Crippen molar-refractivity contribution in [1.82, 2.24) is 9.80 Å². The van der Waals surface area contributed by atoms with Crippen molar-refractivity contribution < 1.29 is 32.8 Å². The molecule has 2 aliphatic rings. The number of amides is 2. The topological polar surface area (TPSA) is 106 Å². The highest BCUT2D eigenvalue weighted by Crippen LogP contribution is 2.47. The molecule has 2 amide bonds. The predicted octanol–water partition coefficient (Wildman–Crippen LogP) is 7.45. The quantitative estimate of drug-likeness (QED) is 0.0942. The maximum Gasteiger partial charge on any atom is 0.472 e. The molecular formula is C33H63N2O7PS. The molecule has 258 valence electrons. The summed E-state index contributed by atoms with van der Waals surface area (Å²) in [6.07, 6.45) is 10.4. The van der Waals surface area contributed by atoms with Gasteiger partial charge in [0.2, 0.25) is 11.8 Å². The number of phosphoric acid groups is 1. The molecule has 1 N–H and O–H groups in total. The van der Waals surface area contributed by atoms with E-state index in [2.05, 4.69) is 34.6 Å². The van der Waals surface area contributed by atoms with Crippen molar-refractivity contribution in [2.75, 3.05) is 32.1 Å². The number of carbonyl (C=O) groups is 2. The van der Waals surface area contributed by atoms with Crippen LogP contribution in [0.2, 0.25) is 0 Å². The summed E-state index contributed by atoms with van der Waals surface area (Å²) in [7, 11) is -4.40. The molecule has 0 aromatic heterocycles.